The number of methoxy groups -OCH3 is 1. The molecule has 2 N–H and O–H groups in total. The lowest BCUT2D eigenvalue weighted by Crippen LogP contribution is -2.41. The van der Waals surface area contributed by atoms with Gasteiger partial charge in [0.1, 0.15) is 6.10 Å². The van der Waals surface area contributed by atoms with Crippen LogP contribution in [-0.2, 0) is 6.54 Å². The molecule has 1 unspecified atom stereocenters. The normalized spacial score (nSPS) is 14.0. The summed E-state index contributed by atoms with van der Waals surface area (Å²) in [5, 5.41) is 6.61. The highest BCUT2D eigenvalue weighted by atomic mass is 127. The van der Waals surface area contributed by atoms with Gasteiger partial charge in [-0.25, -0.2) is 4.99 Å². The van der Waals surface area contributed by atoms with Crippen molar-refractivity contribution in [3.63, 3.8) is 0 Å². The number of fused-ring (bicyclic) bond motifs is 1. The molecule has 0 bridgehead atoms. The van der Waals surface area contributed by atoms with Gasteiger partial charge in [-0.1, -0.05) is 18.2 Å². The first kappa shape index (κ1) is 24.9. The van der Waals surface area contributed by atoms with Crippen LogP contribution < -0.4 is 29.6 Å². The number of guanidine groups is 1. The minimum absolute atomic E-state index is 0. The minimum atomic E-state index is -0.0665. The Labute approximate surface area is 201 Å². The highest BCUT2D eigenvalue weighted by Crippen LogP contribution is 2.30. The fraction of sp³-hybridized carbons (Fsp3) is 0.435. The Hall–Kier alpha value is -2.36. The summed E-state index contributed by atoms with van der Waals surface area (Å²) in [6.07, 6.45) is 0.828. The van der Waals surface area contributed by atoms with Gasteiger partial charge in [0.25, 0.3) is 0 Å². The standard InChI is InChI=1S/C23H31N3O4.HI/c1-4-24-23(25-15-17(2)30-21-9-6-5-8-19(21)27-3)26-16-18-10-11-20-22(14-18)29-13-7-12-28-20;/h5-6,8-11,14,17H,4,7,12-13,15-16H2,1-3H3,(H2,24,25,26);1H. The molecule has 0 radical (unpaired) electrons. The molecule has 0 aromatic heterocycles. The average molecular weight is 541 g/mol. The number of rotatable bonds is 8. The van der Waals surface area contributed by atoms with Gasteiger partial charge in [-0.2, -0.15) is 0 Å². The molecular formula is C23H32IN3O4. The molecule has 2 aromatic carbocycles. The fourth-order valence-electron chi connectivity index (χ4n) is 3.03. The van der Waals surface area contributed by atoms with E-state index in [9.17, 15) is 0 Å². The van der Waals surface area contributed by atoms with Gasteiger partial charge in [0.2, 0.25) is 0 Å². The van der Waals surface area contributed by atoms with Crippen LogP contribution >= 0.6 is 24.0 Å². The molecule has 0 saturated heterocycles. The topological polar surface area (TPSA) is 73.3 Å². The maximum atomic E-state index is 6.00. The van der Waals surface area contributed by atoms with Crippen LogP contribution in [0.1, 0.15) is 25.8 Å². The van der Waals surface area contributed by atoms with Crippen LogP contribution in [0.2, 0.25) is 0 Å². The van der Waals surface area contributed by atoms with E-state index in [2.05, 4.69) is 15.6 Å². The van der Waals surface area contributed by atoms with Crippen LogP contribution in [0.3, 0.4) is 0 Å². The molecule has 0 spiro atoms. The molecule has 2 aromatic rings. The van der Waals surface area contributed by atoms with Gasteiger partial charge in [0.15, 0.2) is 29.0 Å². The van der Waals surface area contributed by atoms with E-state index in [4.69, 9.17) is 18.9 Å². The summed E-state index contributed by atoms with van der Waals surface area (Å²) in [6, 6.07) is 13.6. The first-order valence-corrected chi connectivity index (χ1v) is 10.4. The number of hydrogen-bond donors (Lipinski definition) is 2. The first-order valence-electron chi connectivity index (χ1n) is 10.4. The van der Waals surface area contributed by atoms with Gasteiger partial charge >= 0.3 is 0 Å². The summed E-state index contributed by atoms with van der Waals surface area (Å²) >= 11 is 0. The molecule has 1 heterocycles. The van der Waals surface area contributed by atoms with Crippen LogP contribution in [0.4, 0.5) is 0 Å². The third kappa shape index (κ3) is 7.68. The summed E-state index contributed by atoms with van der Waals surface area (Å²) < 4.78 is 22.8. The largest absolute Gasteiger partial charge is 0.493 e. The van der Waals surface area contributed by atoms with Crippen LogP contribution in [0.5, 0.6) is 23.0 Å². The maximum absolute atomic E-state index is 6.00. The predicted octanol–water partition coefficient (Wildman–Crippen LogP) is 4.00. The molecule has 1 aliphatic heterocycles. The van der Waals surface area contributed by atoms with Crippen molar-refractivity contribution in [2.24, 2.45) is 4.99 Å². The molecule has 0 fully saturated rings. The van der Waals surface area contributed by atoms with Crippen LogP contribution in [0.25, 0.3) is 0 Å². The maximum Gasteiger partial charge on any atom is 0.191 e. The SMILES string of the molecule is CCNC(=NCc1ccc2c(c1)OCCCO2)NCC(C)Oc1ccccc1OC.I. The smallest absolute Gasteiger partial charge is 0.191 e. The van der Waals surface area contributed by atoms with E-state index in [0.29, 0.717) is 26.3 Å². The zero-order valence-electron chi connectivity index (χ0n) is 18.3. The van der Waals surface area contributed by atoms with Gasteiger partial charge in [-0.05, 0) is 43.7 Å². The Morgan fingerprint density at radius 1 is 1.06 bits per heavy atom. The minimum Gasteiger partial charge on any atom is -0.493 e. The molecule has 1 aliphatic rings. The number of halogens is 1. The average Bonchev–Trinajstić information content (AvgIpc) is 3.01. The van der Waals surface area contributed by atoms with Crippen molar-refractivity contribution in [3.8, 4) is 23.0 Å². The summed E-state index contributed by atoms with van der Waals surface area (Å²) in [5.74, 6) is 3.77. The van der Waals surface area contributed by atoms with Gasteiger partial charge in [0, 0.05) is 13.0 Å². The Bertz CT molecular complexity index is 847. The number of benzene rings is 2. The number of nitrogens with zero attached hydrogens (tertiary/aromatic N) is 1. The van der Waals surface area contributed by atoms with E-state index >= 15 is 0 Å². The second-order valence-corrected chi connectivity index (χ2v) is 6.99. The third-order valence-corrected chi connectivity index (χ3v) is 4.53. The van der Waals surface area contributed by atoms with Crippen molar-refractivity contribution < 1.29 is 18.9 Å². The summed E-state index contributed by atoms with van der Waals surface area (Å²) in [5.41, 5.74) is 1.06. The van der Waals surface area contributed by atoms with Crippen LogP contribution in [0.15, 0.2) is 47.5 Å². The number of aliphatic imine (C=N–C) groups is 1. The highest BCUT2D eigenvalue weighted by molar-refractivity contribution is 14.0. The number of nitrogens with one attached hydrogen (secondary N) is 2. The molecule has 1 atom stereocenters. The third-order valence-electron chi connectivity index (χ3n) is 4.53. The molecule has 3 rings (SSSR count). The number of para-hydroxylation sites is 2. The molecule has 0 aliphatic carbocycles. The first-order chi connectivity index (χ1) is 14.7. The molecule has 8 heteroatoms. The van der Waals surface area contributed by atoms with Gasteiger partial charge in [-0.15, -0.1) is 24.0 Å². The highest BCUT2D eigenvalue weighted by Gasteiger charge is 2.12. The zero-order valence-corrected chi connectivity index (χ0v) is 20.7. The van der Waals surface area contributed by atoms with Crippen molar-refractivity contribution in [2.75, 3.05) is 33.4 Å². The van der Waals surface area contributed by atoms with E-state index in [0.717, 1.165) is 47.5 Å². The van der Waals surface area contributed by atoms with Gasteiger partial charge < -0.3 is 29.6 Å². The lowest BCUT2D eigenvalue weighted by Gasteiger charge is -2.19. The van der Waals surface area contributed by atoms with E-state index in [-0.39, 0.29) is 30.1 Å². The Morgan fingerprint density at radius 2 is 1.81 bits per heavy atom. The fourth-order valence-corrected chi connectivity index (χ4v) is 3.03. The Balaban J connectivity index is 0.00000341. The predicted molar refractivity (Wildman–Crippen MR) is 133 cm³/mol. The van der Waals surface area contributed by atoms with Crippen molar-refractivity contribution in [3.05, 3.63) is 48.0 Å². The quantitative estimate of drug-likeness (QED) is 0.299. The van der Waals surface area contributed by atoms with Crippen molar-refractivity contribution in [2.45, 2.75) is 32.9 Å². The zero-order chi connectivity index (χ0) is 21.2. The van der Waals surface area contributed by atoms with E-state index < -0.39 is 0 Å². The van der Waals surface area contributed by atoms with Crippen LogP contribution in [-0.4, -0.2) is 45.5 Å². The monoisotopic (exact) mass is 541 g/mol. The summed E-state index contributed by atoms with van der Waals surface area (Å²) in [7, 11) is 1.64. The van der Waals surface area contributed by atoms with Gasteiger partial charge in [0.05, 0.1) is 33.4 Å². The summed E-state index contributed by atoms with van der Waals surface area (Å²) in [6.45, 7) is 7.32. The van der Waals surface area contributed by atoms with Crippen molar-refractivity contribution in [1.82, 2.24) is 10.6 Å². The number of hydrogen-bond acceptors (Lipinski definition) is 5. The Morgan fingerprint density at radius 3 is 2.55 bits per heavy atom. The number of ether oxygens (including phenoxy) is 4. The van der Waals surface area contributed by atoms with Gasteiger partial charge in [-0.3, -0.25) is 0 Å². The lowest BCUT2D eigenvalue weighted by atomic mass is 10.2. The molecule has 7 nitrogen and oxygen atoms in total. The van der Waals surface area contributed by atoms with Crippen LogP contribution in [0, 0.1) is 0 Å². The molecule has 0 saturated carbocycles. The van der Waals surface area contributed by atoms with E-state index in [1.165, 1.54) is 0 Å². The van der Waals surface area contributed by atoms with Crippen molar-refractivity contribution >= 4 is 29.9 Å². The second-order valence-electron chi connectivity index (χ2n) is 6.99. The second kappa shape index (κ2) is 13.1. The van der Waals surface area contributed by atoms with E-state index in [1.807, 2.05) is 56.3 Å². The molecular weight excluding hydrogens is 509 g/mol. The lowest BCUT2D eigenvalue weighted by molar-refractivity contribution is 0.213. The Kier molecular flexibility index (Phi) is 10.6. The molecule has 31 heavy (non-hydrogen) atoms. The van der Waals surface area contributed by atoms with Crippen molar-refractivity contribution in [1.29, 1.82) is 0 Å². The summed E-state index contributed by atoms with van der Waals surface area (Å²) in [4.78, 5) is 4.69. The molecule has 170 valence electrons. The van der Waals surface area contributed by atoms with E-state index in [1.54, 1.807) is 7.11 Å². The molecule has 0 amide bonds.